The van der Waals surface area contributed by atoms with Crippen LogP contribution in [0, 0.1) is 0 Å². The molecule has 2 rings (SSSR count). The van der Waals surface area contributed by atoms with E-state index < -0.39 is 0 Å². The molecule has 1 aliphatic heterocycles. The smallest absolute Gasteiger partial charge is 0.0790 e. The summed E-state index contributed by atoms with van der Waals surface area (Å²) < 4.78 is 0. The van der Waals surface area contributed by atoms with E-state index in [0.717, 1.165) is 49.7 Å². The van der Waals surface area contributed by atoms with Crippen LogP contribution >= 0.6 is 11.6 Å². The summed E-state index contributed by atoms with van der Waals surface area (Å²) in [5.41, 5.74) is 8.00. The summed E-state index contributed by atoms with van der Waals surface area (Å²) in [4.78, 5) is 4.65. The van der Waals surface area contributed by atoms with Gasteiger partial charge in [-0.05, 0) is 31.5 Å². The van der Waals surface area contributed by atoms with E-state index in [1.807, 2.05) is 12.1 Å². The summed E-state index contributed by atoms with van der Waals surface area (Å²) in [5.74, 6) is 0. The Labute approximate surface area is 108 Å². The van der Waals surface area contributed by atoms with Crippen molar-refractivity contribution in [1.82, 2.24) is 0 Å². The lowest BCUT2D eigenvalue weighted by molar-refractivity contribution is 0.710. The number of para-hydroxylation sites is 1. The van der Waals surface area contributed by atoms with Crippen LogP contribution in [0.5, 0.6) is 0 Å². The summed E-state index contributed by atoms with van der Waals surface area (Å²) >= 11 is 6.32. The molecule has 1 heterocycles. The number of anilines is 2. The quantitative estimate of drug-likeness (QED) is 0.898. The van der Waals surface area contributed by atoms with Crippen molar-refractivity contribution >= 4 is 23.0 Å². The Balaban J connectivity index is 2.33. The Morgan fingerprint density at radius 1 is 1.35 bits per heavy atom. The van der Waals surface area contributed by atoms with E-state index in [2.05, 4.69) is 22.9 Å². The average Bonchev–Trinajstić information content (AvgIpc) is 2.47. The summed E-state index contributed by atoms with van der Waals surface area (Å²) in [6.07, 6.45) is 2.18. The van der Waals surface area contributed by atoms with Gasteiger partial charge in [-0.3, -0.25) is 0 Å². The third-order valence-corrected chi connectivity index (χ3v) is 3.55. The zero-order chi connectivity index (χ0) is 12.3. The molecule has 0 amide bonds. The number of nitrogens with zero attached hydrogens (tertiary/aromatic N) is 2. The minimum atomic E-state index is 0.738. The molecule has 1 aromatic carbocycles. The lowest BCUT2D eigenvalue weighted by Crippen LogP contribution is -2.26. The number of fused-ring (bicyclic) bond motifs is 1. The molecule has 17 heavy (non-hydrogen) atoms. The van der Waals surface area contributed by atoms with E-state index >= 15 is 0 Å². The summed E-state index contributed by atoms with van der Waals surface area (Å²) in [6, 6.07) is 6.14. The number of nitrogens with two attached hydrogens (primary N) is 1. The van der Waals surface area contributed by atoms with Gasteiger partial charge in [0.15, 0.2) is 0 Å². The predicted octanol–water partition coefficient (Wildman–Crippen LogP) is 2.34. The maximum atomic E-state index is 6.32. The molecular weight excluding hydrogens is 234 g/mol. The minimum Gasteiger partial charge on any atom is -0.372 e. The molecule has 0 bridgehead atoms. The zero-order valence-corrected chi connectivity index (χ0v) is 11.1. The fourth-order valence-electron chi connectivity index (χ4n) is 2.38. The minimum absolute atomic E-state index is 0.738. The second kappa shape index (κ2) is 5.61. The third-order valence-electron chi connectivity index (χ3n) is 3.24. The molecule has 0 radical (unpaired) electrons. The fourth-order valence-corrected chi connectivity index (χ4v) is 2.70. The highest BCUT2D eigenvalue weighted by Gasteiger charge is 2.19. The highest BCUT2D eigenvalue weighted by Crippen LogP contribution is 2.37. The van der Waals surface area contributed by atoms with Crippen molar-refractivity contribution in [3.05, 3.63) is 23.2 Å². The summed E-state index contributed by atoms with van der Waals surface area (Å²) in [5, 5.41) is 0.838. The molecule has 0 aliphatic carbocycles. The van der Waals surface area contributed by atoms with Crippen LogP contribution in [0.1, 0.15) is 12.8 Å². The van der Waals surface area contributed by atoms with Crippen molar-refractivity contribution in [2.45, 2.75) is 12.8 Å². The molecule has 0 fully saturated rings. The van der Waals surface area contributed by atoms with Crippen molar-refractivity contribution in [3.8, 4) is 0 Å². The molecule has 94 valence electrons. The van der Waals surface area contributed by atoms with Gasteiger partial charge in [-0.15, -0.1) is 0 Å². The standard InChI is InChI=1S/C13H20ClN3/c1-16-8-4-10-17(9-3-7-15)12-6-2-5-11(14)13(12)16/h2,5-6H,3-4,7-10,15H2,1H3. The number of halogens is 1. The van der Waals surface area contributed by atoms with Gasteiger partial charge < -0.3 is 15.5 Å². The Morgan fingerprint density at radius 2 is 2.18 bits per heavy atom. The van der Waals surface area contributed by atoms with Crippen molar-refractivity contribution in [2.24, 2.45) is 5.73 Å². The number of hydrogen-bond donors (Lipinski definition) is 1. The molecule has 0 atom stereocenters. The van der Waals surface area contributed by atoms with E-state index in [9.17, 15) is 0 Å². The molecule has 0 saturated heterocycles. The maximum Gasteiger partial charge on any atom is 0.0790 e. The average molecular weight is 254 g/mol. The van der Waals surface area contributed by atoms with Gasteiger partial charge in [-0.25, -0.2) is 0 Å². The topological polar surface area (TPSA) is 32.5 Å². The second-order valence-corrected chi connectivity index (χ2v) is 4.92. The molecular formula is C13H20ClN3. The zero-order valence-electron chi connectivity index (χ0n) is 10.3. The molecule has 1 aromatic rings. The monoisotopic (exact) mass is 253 g/mol. The first-order chi connectivity index (χ1) is 8.24. The Bertz CT molecular complexity index is 381. The van der Waals surface area contributed by atoms with E-state index in [0.29, 0.717) is 0 Å². The molecule has 4 heteroatoms. The fraction of sp³-hybridized carbons (Fsp3) is 0.538. The number of benzene rings is 1. The van der Waals surface area contributed by atoms with E-state index in [1.54, 1.807) is 0 Å². The van der Waals surface area contributed by atoms with Crippen LogP contribution in [-0.4, -0.2) is 33.2 Å². The maximum absolute atomic E-state index is 6.32. The van der Waals surface area contributed by atoms with Gasteiger partial charge in [0.2, 0.25) is 0 Å². The SMILES string of the molecule is CN1CCCN(CCCN)c2cccc(Cl)c21. The van der Waals surface area contributed by atoms with Crippen LogP contribution in [0.25, 0.3) is 0 Å². The van der Waals surface area contributed by atoms with E-state index in [-0.39, 0.29) is 0 Å². The van der Waals surface area contributed by atoms with Gasteiger partial charge in [-0.2, -0.15) is 0 Å². The van der Waals surface area contributed by atoms with E-state index in [1.165, 1.54) is 5.69 Å². The van der Waals surface area contributed by atoms with Crippen molar-refractivity contribution < 1.29 is 0 Å². The van der Waals surface area contributed by atoms with Crippen molar-refractivity contribution in [2.75, 3.05) is 43.0 Å². The van der Waals surface area contributed by atoms with Crippen LogP contribution in [0.2, 0.25) is 5.02 Å². The van der Waals surface area contributed by atoms with Crippen LogP contribution < -0.4 is 15.5 Å². The van der Waals surface area contributed by atoms with E-state index in [4.69, 9.17) is 17.3 Å². The van der Waals surface area contributed by atoms with Gasteiger partial charge in [0.1, 0.15) is 0 Å². The summed E-state index contributed by atoms with van der Waals surface area (Å²) in [7, 11) is 2.11. The van der Waals surface area contributed by atoms with Crippen molar-refractivity contribution in [1.29, 1.82) is 0 Å². The van der Waals surface area contributed by atoms with Gasteiger partial charge >= 0.3 is 0 Å². The highest BCUT2D eigenvalue weighted by atomic mass is 35.5. The van der Waals surface area contributed by atoms with Gasteiger partial charge in [-0.1, -0.05) is 17.7 Å². The molecule has 3 nitrogen and oxygen atoms in total. The molecule has 1 aliphatic rings. The Morgan fingerprint density at radius 3 is 2.94 bits per heavy atom. The second-order valence-electron chi connectivity index (χ2n) is 4.51. The molecule has 0 saturated carbocycles. The highest BCUT2D eigenvalue weighted by molar-refractivity contribution is 6.34. The lowest BCUT2D eigenvalue weighted by Gasteiger charge is -2.26. The predicted molar refractivity (Wildman–Crippen MR) is 75.2 cm³/mol. The van der Waals surface area contributed by atoms with Gasteiger partial charge in [0, 0.05) is 26.7 Å². The van der Waals surface area contributed by atoms with Gasteiger partial charge in [0.25, 0.3) is 0 Å². The number of hydrogen-bond acceptors (Lipinski definition) is 3. The van der Waals surface area contributed by atoms with Crippen LogP contribution in [0.4, 0.5) is 11.4 Å². The van der Waals surface area contributed by atoms with Crippen molar-refractivity contribution in [3.63, 3.8) is 0 Å². The number of rotatable bonds is 3. The third kappa shape index (κ3) is 2.67. The Kier molecular flexibility index (Phi) is 4.13. The Hall–Kier alpha value is -0.930. The van der Waals surface area contributed by atoms with Gasteiger partial charge in [0.05, 0.1) is 16.4 Å². The largest absolute Gasteiger partial charge is 0.372 e. The summed E-state index contributed by atoms with van der Waals surface area (Å²) in [6.45, 7) is 3.88. The first kappa shape index (κ1) is 12.5. The molecule has 0 unspecified atom stereocenters. The first-order valence-corrected chi connectivity index (χ1v) is 6.56. The molecule has 2 N–H and O–H groups in total. The normalized spacial score (nSPS) is 15.7. The molecule has 0 spiro atoms. The van der Waals surface area contributed by atoms with Crippen LogP contribution in [-0.2, 0) is 0 Å². The van der Waals surface area contributed by atoms with Crippen LogP contribution in [0.15, 0.2) is 18.2 Å². The van der Waals surface area contributed by atoms with Crippen LogP contribution in [0.3, 0.4) is 0 Å². The molecule has 0 aromatic heterocycles. The lowest BCUT2D eigenvalue weighted by atomic mass is 10.2. The first-order valence-electron chi connectivity index (χ1n) is 6.18.